The second kappa shape index (κ2) is 5.04. The molecule has 0 aromatic heterocycles. The van der Waals surface area contributed by atoms with Crippen molar-refractivity contribution in [3.05, 3.63) is 34.1 Å². The molecule has 1 aromatic carbocycles. The minimum absolute atomic E-state index is 0.0984. The van der Waals surface area contributed by atoms with Gasteiger partial charge in [-0.25, -0.2) is 4.39 Å². The predicted octanol–water partition coefficient (Wildman–Crippen LogP) is 3.42. The quantitative estimate of drug-likeness (QED) is 0.920. The van der Waals surface area contributed by atoms with Crippen LogP contribution in [-0.2, 0) is 4.74 Å². The largest absolute Gasteiger partial charge is 0.376 e. The Morgan fingerprint density at radius 2 is 2.18 bits per heavy atom. The van der Waals surface area contributed by atoms with Crippen molar-refractivity contribution >= 4 is 15.9 Å². The molecule has 1 atom stereocenters. The fraction of sp³-hybridized carbons (Fsp3) is 0.538. The lowest BCUT2D eigenvalue weighted by atomic mass is 9.72. The zero-order valence-electron chi connectivity index (χ0n) is 10.1. The fourth-order valence-corrected chi connectivity index (χ4v) is 2.96. The number of hydrogen-bond acceptors (Lipinski definition) is 2. The Hall–Kier alpha value is -0.450. The van der Waals surface area contributed by atoms with Gasteiger partial charge in [0.05, 0.1) is 16.1 Å². The van der Waals surface area contributed by atoms with Gasteiger partial charge in [0, 0.05) is 12.7 Å². The molecule has 1 aliphatic carbocycles. The molecule has 1 fully saturated rings. The first kappa shape index (κ1) is 13.0. The molecule has 17 heavy (non-hydrogen) atoms. The van der Waals surface area contributed by atoms with Crippen LogP contribution in [0.1, 0.15) is 30.9 Å². The molecule has 4 heteroatoms. The van der Waals surface area contributed by atoms with Crippen LogP contribution in [0.25, 0.3) is 0 Å². The van der Waals surface area contributed by atoms with Gasteiger partial charge in [-0.1, -0.05) is 12.1 Å². The summed E-state index contributed by atoms with van der Waals surface area (Å²) in [5.41, 5.74) is 0.416. The summed E-state index contributed by atoms with van der Waals surface area (Å²) in [5.74, 6) is -0.199. The first-order valence-corrected chi connectivity index (χ1v) is 6.60. The monoisotopic (exact) mass is 301 g/mol. The summed E-state index contributed by atoms with van der Waals surface area (Å²) >= 11 is 3.23. The van der Waals surface area contributed by atoms with Crippen molar-refractivity contribution < 1.29 is 9.13 Å². The smallest absolute Gasteiger partial charge is 0.142 e. The van der Waals surface area contributed by atoms with E-state index in [0.29, 0.717) is 10.0 Å². The second-order valence-electron chi connectivity index (χ2n) is 4.49. The third kappa shape index (κ3) is 2.14. The Morgan fingerprint density at radius 1 is 1.47 bits per heavy atom. The molecule has 0 saturated heterocycles. The highest BCUT2D eigenvalue weighted by Crippen LogP contribution is 2.45. The lowest BCUT2D eigenvalue weighted by molar-refractivity contribution is -0.0989. The van der Waals surface area contributed by atoms with E-state index < -0.39 is 0 Å². The summed E-state index contributed by atoms with van der Waals surface area (Å²) in [4.78, 5) is 0. The van der Waals surface area contributed by atoms with Crippen LogP contribution in [0.4, 0.5) is 4.39 Å². The van der Waals surface area contributed by atoms with Crippen LogP contribution < -0.4 is 5.32 Å². The molecule has 0 amide bonds. The molecule has 1 N–H and O–H groups in total. The van der Waals surface area contributed by atoms with Gasteiger partial charge in [0.25, 0.3) is 0 Å². The van der Waals surface area contributed by atoms with Crippen molar-refractivity contribution in [1.29, 1.82) is 0 Å². The van der Waals surface area contributed by atoms with E-state index in [4.69, 9.17) is 4.74 Å². The van der Waals surface area contributed by atoms with E-state index in [0.717, 1.165) is 19.3 Å². The van der Waals surface area contributed by atoms with Crippen LogP contribution in [0.15, 0.2) is 22.7 Å². The Balaban J connectivity index is 2.38. The minimum Gasteiger partial charge on any atom is -0.376 e. The van der Waals surface area contributed by atoms with Gasteiger partial charge in [0.2, 0.25) is 0 Å². The van der Waals surface area contributed by atoms with E-state index in [-0.39, 0.29) is 17.5 Å². The number of methoxy groups -OCH3 is 1. The van der Waals surface area contributed by atoms with E-state index >= 15 is 0 Å². The molecular weight excluding hydrogens is 285 g/mol. The Bertz CT molecular complexity index is 401. The van der Waals surface area contributed by atoms with Crippen molar-refractivity contribution in [2.75, 3.05) is 14.2 Å². The van der Waals surface area contributed by atoms with Crippen molar-refractivity contribution in [2.45, 2.75) is 30.9 Å². The molecule has 94 valence electrons. The highest BCUT2D eigenvalue weighted by Gasteiger charge is 2.45. The lowest BCUT2D eigenvalue weighted by Gasteiger charge is -2.46. The molecule has 0 radical (unpaired) electrons. The van der Waals surface area contributed by atoms with Gasteiger partial charge in [0.15, 0.2) is 0 Å². The van der Waals surface area contributed by atoms with E-state index in [1.54, 1.807) is 13.2 Å². The Kier molecular flexibility index (Phi) is 3.85. The molecular formula is C13H17BrFNO. The molecule has 1 aliphatic rings. The van der Waals surface area contributed by atoms with E-state index in [2.05, 4.69) is 21.2 Å². The number of ether oxygens (including phenoxy) is 1. The normalized spacial score (nSPS) is 19.8. The maximum Gasteiger partial charge on any atom is 0.142 e. The number of rotatable bonds is 4. The molecule has 2 nitrogen and oxygen atoms in total. The highest BCUT2D eigenvalue weighted by atomic mass is 79.9. The number of likely N-dealkylation sites (N-methyl/N-ethyl adjacent to an activating group) is 1. The Labute approximate surface area is 110 Å². The van der Waals surface area contributed by atoms with E-state index in [9.17, 15) is 4.39 Å². The number of benzene rings is 1. The summed E-state index contributed by atoms with van der Waals surface area (Å²) in [6.07, 6.45) is 3.09. The van der Waals surface area contributed by atoms with Crippen LogP contribution in [0.3, 0.4) is 0 Å². The standard InChI is InChI=1S/C13H17BrFNO/c1-16-12(13(17-2)7-4-8-13)9-5-3-6-10(14)11(9)15/h3,5-6,12,16H,4,7-8H2,1-2H3. The number of halogens is 2. The molecule has 2 rings (SSSR count). The SMILES string of the molecule is CNC(c1cccc(Br)c1F)C1(OC)CCC1. The van der Waals surface area contributed by atoms with Crippen molar-refractivity contribution in [3.8, 4) is 0 Å². The fourth-order valence-electron chi connectivity index (χ4n) is 2.58. The first-order chi connectivity index (χ1) is 8.14. The average Bonchev–Trinajstić information content (AvgIpc) is 2.28. The molecule has 1 saturated carbocycles. The molecule has 0 bridgehead atoms. The Morgan fingerprint density at radius 3 is 2.65 bits per heavy atom. The van der Waals surface area contributed by atoms with Gasteiger partial charge in [-0.05, 0) is 48.3 Å². The zero-order chi connectivity index (χ0) is 12.5. The summed E-state index contributed by atoms with van der Waals surface area (Å²) in [6.45, 7) is 0. The van der Waals surface area contributed by atoms with Gasteiger partial charge in [-0.15, -0.1) is 0 Å². The maximum atomic E-state index is 14.1. The molecule has 0 spiro atoms. The minimum atomic E-state index is -0.254. The summed E-state index contributed by atoms with van der Waals surface area (Å²) in [5, 5.41) is 3.19. The maximum absolute atomic E-state index is 14.1. The van der Waals surface area contributed by atoms with E-state index in [1.807, 2.05) is 19.2 Å². The summed E-state index contributed by atoms with van der Waals surface area (Å²) < 4.78 is 20.3. The predicted molar refractivity (Wildman–Crippen MR) is 69.5 cm³/mol. The van der Waals surface area contributed by atoms with Crippen LogP contribution in [0, 0.1) is 5.82 Å². The number of hydrogen-bond donors (Lipinski definition) is 1. The van der Waals surface area contributed by atoms with Gasteiger partial charge in [-0.3, -0.25) is 0 Å². The van der Waals surface area contributed by atoms with Crippen molar-refractivity contribution in [1.82, 2.24) is 5.32 Å². The van der Waals surface area contributed by atoms with Crippen LogP contribution in [-0.4, -0.2) is 19.8 Å². The molecule has 0 heterocycles. The lowest BCUT2D eigenvalue weighted by Crippen LogP contribution is -2.50. The summed E-state index contributed by atoms with van der Waals surface area (Å²) in [7, 11) is 3.56. The molecule has 1 aromatic rings. The van der Waals surface area contributed by atoms with Gasteiger partial charge < -0.3 is 10.1 Å². The van der Waals surface area contributed by atoms with Crippen LogP contribution in [0.5, 0.6) is 0 Å². The van der Waals surface area contributed by atoms with Crippen LogP contribution in [0.2, 0.25) is 0 Å². The molecule has 0 aliphatic heterocycles. The molecule has 1 unspecified atom stereocenters. The zero-order valence-corrected chi connectivity index (χ0v) is 11.7. The van der Waals surface area contributed by atoms with Gasteiger partial charge >= 0.3 is 0 Å². The number of nitrogens with one attached hydrogen (secondary N) is 1. The first-order valence-electron chi connectivity index (χ1n) is 5.81. The van der Waals surface area contributed by atoms with Crippen molar-refractivity contribution in [3.63, 3.8) is 0 Å². The van der Waals surface area contributed by atoms with Gasteiger partial charge in [-0.2, -0.15) is 0 Å². The second-order valence-corrected chi connectivity index (χ2v) is 5.34. The van der Waals surface area contributed by atoms with Crippen LogP contribution >= 0.6 is 15.9 Å². The highest BCUT2D eigenvalue weighted by molar-refractivity contribution is 9.10. The average molecular weight is 302 g/mol. The third-order valence-corrected chi connectivity index (χ3v) is 4.33. The third-order valence-electron chi connectivity index (χ3n) is 3.71. The van der Waals surface area contributed by atoms with Gasteiger partial charge in [0.1, 0.15) is 5.82 Å². The summed E-state index contributed by atoms with van der Waals surface area (Å²) in [6, 6.07) is 5.29. The van der Waals surface area contributed by atoms with Crippen molar-refractivity contribution in [2.24, 2.45) is 0 Å². The van der Waals surface area contributed by atoms with E-state index in [1.165, 1.54) is 0 Å². The topological polar surface area (TPSA) is 21.3 Å².